The van der Waals surface area contributed by atoms with Gasteiger partial charge < -0.3 is 4.90 Å². The van der Waals surface area contributed by atoms with Gasteiger partial charge in [0.2, 0.25) is 6.71 Å². The van der Waals surface area contributed by atoms with E-state index in [1.54, 1.807) is 0 Å². The molecule has 0 unspecified atom stereocenters. The first-order chi connectivity index (χ1) is 20.5. The maximum Gasteiger partial charge on any atom is 0.248 e. The lowest BCUT2D eigenvalue weighted by Crippen LogP contribution is -2.58. The van der Waals surface area contributed by atoms with Crippen molar-refractivity contribution in [2.75, 3.05) is 4.90 Å². The minimum Gasteiger partial charge on any atom is -0.312 e. The van der Waals surface area contributed by atoms with Gasteiger partial charge in [-0.1, -0.05) is 135 Å². The number of fused-ring (bicyclic) bond motifs is 3. The molecule has 4 bridgehead atoms. The van der Waals surface area contributed by atoms with Gasteiger partial charge in [0.05, 0.1) is 0 Å². The van der Waals surface area contributed by atoms with Crippen LogP contribution in [-0.2, 0) is 5.41 Å². The Bertz CT molecular complexity index is 1970. The summed E-state index contributed by atoms with van der Waals surface area (Å²) in [6.45, 7) is 7.09. The van der Waals surface area contributed by atoms with Gasteiger partial charge in [-0.3, -0.25) is 0 Å². The van der Waals surface area contributed by atoms with Crippen LogP contribution in [0.4, 0.5) is 17.1 Å². The quantitative estimate of drug-likeness (QED) is 0.201. The highest BCUT2D eigenvalue weighted by molar-refractivity contribution is 6.99. The Morgan fingerprint density at radius 1 is 0.548 bits per heavy atom. The molecule has 3 aliphatic heterocycles. The average molecular weight is 538 g/mol. The largest absolute Gasteiger partial charge is 0.312 e. The summed E-state index contributed by atoms with van der Waals surface area (Å²) in [6, 6.07) is 52.0. The van der Waals surface area contributed by atoms with Crippen LogP contribution in [0.2, 0.25) is 0 Å². The van der Waals surface area contributed by atoms with Crippen molar-refractivity contribution in [3.63, 3.8) is 0 Å². The molecular formula is C40H32BN. The van der Waals surface area contributed by atoms with Gasteiger partial charge in [0.1, 0.15) is 0 Å². The molecule has 0 aromatic heterocycles. The van der Waals surface area contributed by atoms with Crippen molar-refractivity contribution in [1.29, 1.82) is 0 Å². The van der Waals surface area contributed by atoms with Gasteiger partial charge in [-0.05, 0) is 81.1 Å². The molecule has 6 aromatic carbocycles. The normalized spacial score (nSPS) is 14.2. The first kappa shape index (κ1) is 24.9. The second kappa shape index (κ2) is 9.36. The molecule has 3 heterocycles. The van der Waals surface area contributed by atoms with E-state index in [9.17, 15) is 0 Å². The fourth-order valence-corrected chi connectivity index (χ4v) is 7.46. The number of nitrogens with zero attached hydrogens (tertiary/aromatic N) is 1. The van der Waals surface area contributed by atoms with Gasteiger partial charge >= 0.3 is 0 Å². The molecule has 6 aromatic rings. The van der Waals surface area contributed by atoms with Crippen molar-refractivity contribution < 1.29 is 0 Å². The molecule has 200 valence electrons. The highest BCUT2D eigenvalue weighted by atomic mass is 15.1. The van der Waals surface area contributed by atoms with Crippen LogP contribution in [-0.4, -0.2) is 6.71 Å². The Labute approximate surface area is 249 Å². The fraction of sp³-hybridized carbons (Fsp3) is 0.100. The summed E-state index contributed by atoms with van der Waals surface area (Å²) in [7, 11) is 0. The zero-order chi connectivity index (χ0) is 28.4. The predicted molar refractivity (Wildman–Crippen MR) is 180 cm³/mol. The van der Waals surface area contributed by atoms with E-state index < -0.39 is 0 Å². The van der Waals surface area contributed by atoms with Crippen LogP contribution in [0.15, 0.2) is 140 Å². The summed E-state index contributed by atoms with van der Waals surface area (Å²) in [5, 5.41) is 0. The van der Waals surface area contributed by atoms with Gasteiger partial charge in [0.15, 0.2) is 0 Å². The first-order valence-corrected chi connectivity index (χ1v) is 14.9. The monoisotopic (exact) mass is 537 g/mol. The summed E-state index contributed by atoms with van der Waals surface area (Å²) in [6.07, 6.45) is 0. The summed E-state index contributed by atoms with van der Waals surface area (Å²) >= 11 is 0. The van der Waals surface area contributed by atoms with Crippen LogP contribution in [0.3, 0.4) is 0 Å². The number of hydrogen-bond donors (Lipinski definition) is 0. The Morgan fingerprint density at radius 3 is 1.98 bits per heavy atom. The van der Waals surface area contributed by atoms with E-state index in [0.29, 0.717) is 0 Å². The number of benzene rings is 6. The highest BCUT2D eigenvalue weighted by Crippen LogP contribution is 2.41. The van der Waals surface area contributed by atoms with Crippen molar-refractivity contribution in [3.05, 3.63) is 156 Å². The third-order valence-corrected chi connectivity index (χ3v) is 9.49. The molecule has 9 rings (SSSR count). The van der Waals surface area contributed by atoms with Gasteiger partial charge in [0, 0.05) is 22.5 Å². The Balaban J connectivity index is 1.55. The summed E-state index contributed by atoms with van der Waals surface area (Å²) in [5.41, 5.74) is 16.7. The lowest BCUT2D eigenvalue weighted by molar-refractivity contribution is 0.637. The van der Waals surface area contributed by atoms with E-state index in [4.69, 9.17) is 0 Å². The molecule has 0 amide bonds. The molecule has 0 radical (unpaired) electrons. The zero-order valence-electron chi connectivity index (χ0n) is 24.3. The smallest absolute Gasteiger partial charge is 0.248 e. The topological polar surface area (TPSA) is 3.24 Å². The van der Waals surface area contributed by atoms with Crippen LogP contribution in [0.1, 0.15) is 30.5 Å². The summed E-state index contributed by atoms with van der Waals surface area (Å²) in [4.78, 5) is 2.46. The van der Waals surface area contributed by atoms with Crippen LogP contribution in [0.5, 0.6) is 0 Å². The SMILES string of the molecule is Cc1cc2ccc1C(C)(C)c1ccc3c(c1)B(c1ccccc1N3c1ccccc1)c1c(-c3ccccc3)cccc1-2. The number of rotatable bonds is 2. The molecule has 0 N–H and O–H groups in total. The molecule has 0 saturated carbocycles. The van der Waals surface area contributed by atoms with E-state index in [2.05, 4.69) is 165 Å². The van der Waals surface area contributed by atoms with Gasteiger partial charge in [0.25, 0.3) is 0 Å². The third kappa shape index (κ3) is 3.65. The number of hydrogen-bond acceptors (Lipinski definition) is 1. The van der Waals surface area contributed by atoms with Crippen molar-refractivity contribution in [2.24, 2.45) is 0 Å². The van der Waals surface area contributed by atoms with E-state index in [-0.39, 0.29) is 12.1 Å². The maximum atomic E-state index is 2.51. The van der Waals surface area contributed by atoms with Gasteiger partial charge in [-0.15, -0.1) is 0 Å². The Morgan fingerprint density at radius 2 is 1.21 bits per heavy atom. The molecule has 1 nitrogen and oxygen atoms in total. The molecule has 0 fully saturated rings. The highest BCUT2D eigenvalue weighted by Gasteiger charge is 2.39. The second-order valence-corrected chi connectivity index (χ2v) is 12.2. The molecule has 0 spiro atoms. The maximum absolute atomic E-state index is 2.51. The van der Waals surface area contributed by atoms with E-state index in [1.807, 2.05) is 0 Å². The van der Waals surface area contributed by atoms with Gasteiger partial charge in [-0.2, -0.15) is 0 Å². The van der Waals surface area contributed by atoms with Crippen LogP contribution in [0.25, 0.3) is 22.3 Å². The molecule has 3 aliphatic rings. The second-order valence-electron chi connectivity index (χ2n) is 12.2. The molecule has 0 aliphatic carbocycles. The van der Waals surface area contributed by atoms with Crippen molar-refractivity contribution in [2.45, 2.75) is 26.2 Å². The lowest BCUT2D eigenvalue weighted by atomic mass is 9.33. The summed E-state index contributed by atoms with van der Waals surface area (Å²) < 4.78 is 0. The lowest BCUT2D eigenvalue weighted by Gasteiger charge is -2.39. The number of aryl methyl sites for hydroxylation is 1. The van der Waals surface area contributed by atoms with E-state index in [1.165, 1.54) is 72.4 Å². The van der Waals surface area contributed by atoms with Crippen LogP contribution < -0.4 is 21.3 Å². The number of para-hydroxylation sites is 2. The molecule has 0 atom stereocenters. The van der Waals surface area contributed by atoms with Crippen LogP contribution in [0, 0.1) is 6.92 Å². The predicted octanol–water partition coefficient (Wildman–Crippen LogP) is 8.27. The minimum absolute atomic E-state index is 0.0649. The van der Waals surface area contributed by atoms with Gasteiger partial charge in [-0.25, -0.2) is 0 Å². The van der Waals surface area contributed by atoms with E-state index in [0.717, 1.165) is 0 Å². The molecular weight excluding hydrogens is 505 g/mol. The Hall–Kier alpha value is -4.82. The Kier molecular flexibility index (Phi) is 5.56. The molecule has 0 saturated heterocycles. The van der Waals surface area contributed by atoms with E-state index >= 15 is 0 Å². The number of anilines is 3. The van der Waals surface area contributed by atoms with Crippen molar-refractivity contribution >= 4 is 40.2 Å². The summed E-state index contributed by atoms with van der Waals surface area (Å²) in [5.74, 6) is 0. The average Bonchev–Trinajstić information content (AvgIpc) is 3.05. The van der Waals surface area contributed by atoms with Crippen molar-refractivity contribution in [1.82, 2.24) is 0 Å². The fourth-order valence-electron chi connectivity index (χ4n) is 7.46. The first-order valence-electron chi connectivity index (χ1n) is 14.9. The molecule has 42 heavy (non-hydrogen) atoms. The third-order valence-electron chi connectivity index (χ3n) is 9.49. The zero-order valence-corrected chi connectivity index (χ0v) is 24.3. The van der Waals surface area contributed by atoms with Crippen molar-refractivity contribution in [3.8, 4) is 22.3 Å². The van der Waals surface area contributed by atoms with Crippen LogP contribution >= 0.6 is 0 Å². The standard InChI is InChI=1S/C40H32BN/c1-27-25-29-21-23-34(27)40(2,3)30-22-24-38-36(26-30)41(39-32(17-12-18-33(29)39)28-13-6-4-7-14-28)35-19-10-11-20-37(35)42(38)31-15-8-5-9-16-31/h4-26H,1-3H3. The molecule has 2 heteroatoms. The minimum atomic E-state index is -0.143.